The van der Waals surface area contributed by atoms with Gasteiger partial charge in [0.15, 0.2) is 9.84 Å². The van der Waals surface area contributed by atoms with Gasteiger partial charge in [0.1, 0.15) is 5.25 Å². The quantitative estimate of drug-likeness (QED) is 0.798. The molecule has 2 unspecified atom stereocenters. The van der Waals surface area contributed by atoms with Crippen LogP contribution >= 0.6 is 0 Å². The summed E-state index contributed by atoms with van der Waals surface area (Å²) < 4.78 is 24.4. The Morgan fingerprint density at radius 3 is 2.81 bits per heavy atom. The summed E-state index contributed by atoms with van der Waals surface area (Å²) in [5.74, 6) is -0.147. The first-order valence-corrected chi connectivity index (χ1v) is 9.05. The van der Waals surface area contributed by atoms with Gasteiger partial charge in [0.25, 0.3) is 0 Å². The van der Waals surface area contributed by atoms with Crippen LogP contribution in [0.1, 0.15) is 31.7 Å². The van der Waals surface area contributed by atoms with Gasteiger partial charge in [-0.3, -0.25) is 4.79 Å². The molecular formula is C15H20N2O3S. The summed E-state index contributed by atoms with van der Waals surface area (Å²) in [5.41, 5.74) is 8.28. The first-order chi connectivity index (χ1) is 9.90. The Bertz CT molecular complexity index is 684. The molecule has 0 aliphatic carbocycles. The zero-order valence-electron chi connectivity index (χ0n) is 12.1. The second kappa shape index (κ2) is 5.02. The Kier molecular flexibility index (Phi) is 3.43. The molecule has 2 heterocycles. The molecule has 6 heteroatoms. The highest BCUT2D eigenvalue weighted by atomic mass is 32.2. The van der Waals surface area contributed by atoms with Crippen LogP contribution in [0, 0.1) is 0 Å². The Balaban J connectivity index is 1.96. The van der Waals surface area contributed by atoms with E-state index in [-0.39, 0.29) is 17.7 Å². The topological polar surface area (TPSA) is 80.5 Å². The van der Waals surface area contributed by atoms with Crippen molar-refractivity contribution in [1.29, 1.82) is 0 Å². The average Bonchev–Trinajstić information content (AvgIpc) is 2.72. The molecular weight excluding hydrogens is 288 g/mol. The summed E-state index contributed by atoms with van der Waals surface area (Å²) in [6.45, 7) is 1.95. The van der Waals surface area contributed by atoms with E-state index in [1.807, 2.05) is 19.1 Å². The number of rotatable bonds is 1. The van der Waals surface area contributed by atoms with Crippen LogP contribution in [0.2, 0.25) is 0 Å². The number of nitrogens with two attached hydrogens (primary N) is 1. The molecule has 21 heavy (non-hydrogen) atoms. The van der Waals surface area contributed by atoms with Crippen molar-refractivity contribution in [3.8, 4) is 0 Å². The number of sulfone groups is 1. The van der Waals surface area contributed by atoms with Crippen LogP contribution in [0.4, 0.5) is 11.4 Å². The Hall–Kier alpha value is -1.56. The van der Waals surface area contributed by atoms with Crippen molar-refractivity contribution < 1.29 is 13.2 Å². The lowest BCUT2D eigenvalue weighted by Crippen LogP contribution is -2.47. The highest BCUT2D eigenvalue weighted by Gasteiger charge is 2.41. The molecule has 1 amide bonds. The van der Waals surface area contributed by atoms with Gasteiger partial charge in [-0.05, 0) is 49.9 Å². The number of carbonyl (C=O) groups excluding carboxylic acids is 1. The van der Waals surface area contributed by atoms with E-state index in [1.165, 1.54) is 0 Å². The van der Waals surface area contributed by atoms with E-state index < -0.39 is 15.1 Å². The maximum absolute atomic E-state index is 12.8. The van der Waals surface area contributed by atoms with E-state index in [1.54, 1.807) is 11.0 Å². The maximum atomic E-state index is 12.8. The van der Waals surface area contributed by atoms with Crippen LogP contribution in [0.15, 0.2) is 18.2 Å². The Labute approximate surface area is 125 Å². The second-order valence-electron chi connectivity index (χ2n) is 6.00. The zero-order valence-corrected chi connectivity index (χ0v) is 12.9. The molecule has 1 fully saturated rings. The van der Waals surface area contributed by atoms with Gasteiger partial charge in [-0.15, -0.1) is 0 Å². The van der Waals surface area contributed by atoms with Crippen LogP contribution in [0.25, 0.3) is 0 Å². The zero-order chi connectivity index (χ0) is 15.2. The van der Waals surface area contributed by atoms with Crippen molar-refractivity contribution in [1.82, 2.24) is 0 Å². The summed E-state index contributed by atoms with van der Waals surface area (Å²) in [6, 6.07) is 5.43. The first kappa shape index (κ1) is 14.4. The molecule has 0 saturated carbocycles. The summed E-state index contributed by atoms with van der Waals surface area (Å²) in [5, 5.41) is -0.878. The lowest BCUT2D eigenvalue weighted by molar-refractivity contribution is -0.118. The van der Waals surface area contributed by atoms with Crippen molar-refractivity contribution in [2.45, 2.75) is 43.9 Å². The number of fused-ring (bicyclic) bond motifs is 1. The van der Waals surface area contributed by atoms with E-state index in [0.29, 0.717) is 18.5 Å². The van der Waals surface area contributed by atoms with E-state index in [2.05, 4.69) is 0 Å². The fraction of sp³-hybridized carbons (Fsp3) is 0.533. The minimum absolute atomic E-state index is 0.0218. The molecule has 3 rings (SSSR count). The van der Waals surface area contributed by atoms with Crippen LogP contribution in [0.5, 0.6) is 0 Å². The van der Waals surface area contributed by atoms with Gasteiger partial charge in [0.2, 0.25) is 5.91 Å². The van der Waals surface area contributed by atoms with Crippen LogP contribution < -0.4 is 10.6 Å². The molecule has 2 atom stereocenters. The van der Waals surface area contributed by atoms with Gasteiger partial charge in [-0.25, -0.2) is 8.42 Å². The molecule has 0 bridgehead atoms. The van der Waals surface area contributed by atoms with Crippen molar-refractivity contribution >= 4 is 27.1 Å². The molecule has 5 nitrogen and oxygen atoms in total. The molecule has 0 spiro atoms. The Morgan fingerprint density at radius 1 is 1.33 bits per heavy atom. The van der Waals surface area contributed by atoms with Gasteiger partial charge in [0.05, 0.1) is 5.75 Å². The molecule has 1 aromatic rings. The third kappa shape index (κ3) is 2.41. The van der Waals surface area contributed by atoms with Gasteiger partial charge in [0, 0.05) is 17.4 Å². The number of carbonyl (C=O) groups is 1. The average molecular weight is 308 g/mol. The molecule has 1 saturated heterocycles. The summed E-state index contributed by atoms with van der Waals surface area (Å²) >= 11 is 0. The van der Waals surface area contributed by atoms with Crippen molar-refractivity contribution in [3.05, 3.63) is 23.8 Å². The fourth-order valence-corrected chi connectivity index (χ4v) is 5.21. The van der Waals surface area contributed by atoms with Gasteiger partial charge in [-0.2, -0.15) is 0 Å². The second-order valence-corrected chi connectivity index (χ2v) is 8.30. The molecule has 114 valence electrons. The molecule has 0 radical (unpaired) electrons. The monoisotopic (exact) mass is 308 g/mol. The van der Waals surface area contributed by atoms with Crippen molar-refractivity contribution in [3.63, 3.8) is 0 Å². The number of nitrogen functional groups attached to an aromatic ring is 1. The molecule has 2 aliphatic heterocycles. The minimum atomic E-state index is -3.31. The number of nitrogens with zero attached hydrogens (tertiary/aromatic N) is 1. The highest BCUT2D eigenvalue weighted by molar-refractivity contribution is 7.92. The third-order valence-corrected chi connectivity index (χ3v) is 6.57. The number of amides is 1. The number of hydrogen-bond acceptors (Lipinski definition) is 4. The van der Waals surface area contributed by atoms with Crippen LogP contribution in [0.3, 0.4) is 0 Å². The predicted octanol–water partition coefficient (Wildman–Crippen LogP) is 1.51. The predicted molar refractivity (Wildman–Crippen MR) is 82.9 cm³/mol. The first-order valence-electron chi connectivity index (χ1n) is 7.33. The smallest absolute Gasteiger partial charge is 0.245 e. The van der Waals surface area contributed by atoms with Gasteiger partial charge >= 0.3 is 0 Å². The van der Waals surface area contributed by atoms with E-state index in [4.69, 9.17) is 5.73 Å². The standard InChI is InChI=1S/C15H20N2O3S/c1-10-8-11-9-12(16)5-6-13(11)17(10)15(18)14-4-2-3-7-21(14,19)20/h5-6,9-10,14H,2-4,7-8,16H2,1H3. The van der Waals surface area contributed by atoms with Crippen LogP contribution in [-0.2, 0) is 21.1 Å². The number of anilines is 2. The minimum Gasteiger partial charge on any atom is -0.399 e. The fourth-order valence-electron chi connectivity index (χ4n) is 3.37. The third-order valence-electron chi connectivity index (χ3n) is 4.41. The molecule has 1 aromatic carbocycles. The number of benzene rings is 1. The highest BCUT2D eigenvalue weighted by Crippen LogP contribution is 2.35. The Morgan fingerprint density at radius 2 is 2.10 bits per heavy atom. The van der Waals surface area contributed by atoms with Crippen molar-refractivity contribution in [2.24, 2.45) is 0 Å². The largest absolute Gasteiger partial charge is 0.399 e. The van der Waals surface area contributed by atoms with Crippen LogP contribution in [-0.4, -0.2) is 31.4 Å². The van der Waals surface area contributed by atoms with Gasteiger partial charge < -0.3 is 10.6 Å². The molecule has 0 aromatic heterocycles. The SMILES string of the molecule is CC1Cc2cc(N)ccc2N1C(=O)C1CCCCS1(=O)=O. The summed E-state index contributed by atoms with van der Waals surface area (Å²) in [6.07, 6.45) is 2.62. The van der Waals surface area contributed by atoms with Crippen molar-refractivity contribution in [2.75, 3.05) is 16.4 Å². The summed E-state index contributed by atoms with van der Waals surface area (Å²) in [7, 11) is -3.31. The van der Waals surface area contributed by atoms with Gasteiger partial charge in [-0.1, -0.05) is 6.42 Å². The molecule has 2 aliphatic rings. The van der Waals surface area contributed by atoms with E-state index in [9.17, 15) is 13.2 Å². The molecule has 2 N–H and O–H groups in total. The normalized spacial score (nSPS) is 27.4. The number of hydrogen-bond donors (Lipinski definition) is 1. The lowest BCUT2D eigenvalue weighted by atomic mass is 10.1. The van der Waals surface area contributed by atoms with E-state index in [0.717, 1.165) is 24.1 Å². The lowest BCUT2D eigenvalue weighted by Gasteiger charge is -2.29. The van der Waals surface area contributed by atoms with E-state index >= 15 is 0 Å². The summed E-state index contributed by atoms with van der Waals surface area (Å²) in [4.78, 5) is 14.4. The maximum Gasteiger partial charge on any atom is 0.245 e.